The molecule has 1 aliphatic heterocycles. The average molecular weight is 423 g/mol. The molecule has 1 aromatic rings. The van der Waals surface area contributed by atoms with Crippen LogP contribution in [0.25, 0.3) is 0 Å². The number of nitrogens with zero attached hydrogens (tertiary/aromatic N) is 1. The van der Waals surface area contributed by atoms with Crippen molar-refractivity contribution in [3.05, 3.63) is 31.8 Å². The van der Waals surface area contributed by atoms with E-state index in [0.717, 1.165) is 26.6 Å². The molecule has 2 atom stereocenters. The Balaban J connectivity index is 2.19. The van der Waals surface area contributed by atoms with Gasteiger partial charge in [0.1, 0.15) is 0 Å². The predicted octanol–water partition coefficient (Wildman–Crippen LogP) is 2.86. The van der Waals surface area contributed by atoms with Gasteiger partial charge in [-0.2, -0.15) is 0 Å². The van der Waals surface area contributed by atoms with Crippen molar-refractivity contribution in [2.24, 2.45) is 11.7 Å². The molecule has 2 unspecified atom stereocenters. The van der Waals surface area contributed by atoms with Gasteiger partial charge in [-0.3, -0.25) is 4.79 Å². The van der Waals surface area contributed by atoms with E-state index in [2.05, 4.69) is 45.4 Å². The molecule has 1 aromatic carbocycles. The van der Waals surface area contributed by atoms with Crippen LogP contribution in [0.5, 0.6) is 0 Å². The molecule has 1 saturated heterocycles. The van der Waals surface area contributed by atoms with E-state index in [1.165, 1.54) is 0 Å². The molecule has 18 heavy (non-hydrogen) atoms. The maximum Gasteiger partial charge on any atom is 0.255 e. The van der Waals surface area contributed by atoms with Crippen molar-refractivity contribution >= 4 is 44.4 Å². The molecule has 0 radical (unpaired) electrons. The number of hydrogen-bond acceptors (Lipinski definition) is 2. The van der Waals surface area contributed by atoms with Gasteiger partial charge in [0.05, 0.1) is 5.56 Å². The third kappa shape index (κ3) is 3.05. The van der Waals surface area contributed by atoms with Gasteiger partial charge >= 0.3 is 0 Å². The van der Waals surface area contributed by atoms with Gasteiger partial charge in [0, 0.05) is 27.2 Å². The fourth-order valence-electron chi connectivity index (χ4n) is 2.12. The normalized spacial score (nSPS) is 24.1. The maximum absolute atomic E-state index is 12.5. The number of halogens is 2. The maximum atomic E-state index is 12.5. The van der Waals surface area contributed by atoms with Gasteiger partial charge in [-0.25, -0.2) is 0 Å². The molecule has 2 rings (SSSR count). The summed E-state index contributed by atoms with van der Waals surface area (Å²) in [5.41, 5.74) is 6.77. The summed E-state index contributed by atoms with van der Waals surface area (Å²) < 4.78 is 1.91. The number of benzene rings is 1. The van der Waals surface area contributed by atoms with Gasteiger partial charge < -0.3 is 10.6 Å². The van der Waals surface area contributed by atoms with Gasteiger partial charge in [0.2, 0.25) is 0 Å². The molecule has 2 N–H and O–H groups in total. The fraction of sp³-hybridized carbons (Fsp3) is 0.462. The number of hydrogen-bond donors (Lipinski definition) is 1. The molecule has 0 saturated carbocycles. The van der Waals surface area contributed by atoms with Crippen LogP contribution < -0.4 is 5.73 Å². The first kappa shape index (κ1) is 14.3. The van der Waals surface area contributed by atoms with Gasteiger partial charge in [0.25, 0.3) is 5.91 Å². The van der Waals surface area contributed by atoms with Crippen LogP contribution in [0.3, 0.4) is 0 Å². The number of carbonyl (C=O) groups is 1. The van der Waals surface area contributed by atoms with E-state index >= 15 is 0 Å². The number of nitrogens with two attached hydrogens (primary N) is 1. The molecule has 1 fully saturated rings. The minimum atomic E-state index is 0.0720. The molecular formula is C13H16BrIN2O. The van der Waals surface area contributed by atoms with Crippen molar-refractivity contribution < 1.29 is 4.79 Å². The molecule has 0 aliphatic carbocycles. The molecule has 3 nitrogen and oxygen atoms in total. The first-order valence-corrected chi connectivity index (χ1v) is 7.86. The summed E-state index contributed by atoms with van der Waals surface area (Å²) in [7, 11) is 0. The minimum Gasteiger partial charge on any atom is -0.337 e. The van der Waals surface area contributed by atoms with Crippen molar-refractivity contribution in [2.75, 3.05) is 13.1 Å². The lowest BCUT2D eigenvalue weighted by Crippen LogP contribution is -2.49. The van der Waals surface area contributed by atoms with Gasteiger partial charge in [-0.05, 0) is 69.1 Å². The summed E-state index contributed by atoms with van der Waals surface area (Å²) in [5.74, 6) is 0.566. The predicted molar refractivity (Wildman–Crippen MR) is 84.5 cm³/mol. The van der Waals surface area contributed by atoms with Gasteiger partial charge in [0.15, 0.2) is 0 Å². The van der Waals surface area contributed by atoms with E-state index in [0.29, 0.717) is 12.5 Å². The largest absolute Gasteiger partial charge is 0.337 e. The van der Waals surface area contributed by atoms with Gasteiger partial charge in [-0.15, -0.1) is 0 Å². The Kier molecular flexibility index (Phi) is 4.66. The summed E-state index contributed by atoms with van der Waals surface area (Å²) in [6, 6.07) is 5.90. The van der Waals surface area contributed by atoms with Crippen LogP contribution in [0.15, 0.2) is 22.7 Å². The highest BCUT2D eigenvalue weighted by atomic mass is 127. The molecule has 5 heteroatoms. The van der Waals surface area contributed by atoms with Gasteiger partial charge in [-0.1, -0.05) is 6.92 Å². The highest BCUT2D eigenvalue weighted by molar-refractivity contribution is 14.1. The van der Waals surface area contributed by atoms with E-state index in [-0.39, 0.29) is 11.9 Å². The van der Waals surface area contributed by atoms with Crippen LogP contribution in [0.1, 0.15) is 23.7 Å². The fourth-order valence-corrected chi connectivity index (χ4v) is 3.02. The van der Waals surface area contributed by atoms with E-state index in [9.17, 15) is 4.79 Å². The third-order valence-corrected chi connectivity index (χ3v) is 4.82. The minimum absolute atomic E-state index is 0.0720. The summed E-state index contributed by atoms with van der Waals surface area (Å²) in [6.07, 6.45) is 0.981. The third-order valence-electron chi connectivity index (χ3n) is 3.46. The Hall–Kier alpha value is -0.140. The Labute approximate surface area is 129 Å². The molecule has 0 bridgehead atoms. The Morgan fingerprint density at radius 3 is 2.94 bits per heavy atom. The lowest BCUT2D eigenvalue weighted by atomic mass is 9.94. The summed E-state index contributed by atoms with van der Waals surface area (Å²) in [6.45, 7) is 3.59. The zero-order valence-corrected chi connectivity index (χ0v) is 13.9. The number of rotatable bonds is 1. The van der Waals surface area contributed by atoms with Crippen molar-refractivity contribution in [3.8, 4) is 0 Å². The Morgan fingerprint density at radius 1 is 1.56 bits per heavy atom. The van der Waals surface area contributed by atoms with Crippen LogP contribution >= 0.6 is 38.5 Å². The quantitative estimate of drug-likeness (QED) is 0.707. The Bertz CT molecular complexity index is 466. The lowest BCUT2D eigenvalue weighted by Gasteiger charge is -2.35. The molecule has 0 spiro atoms. The monoisotopic (exact) mass is 422 g/mol. The van der Waals surface area contributed by atoms with E-state index in [1.54, 1.807) is 0 Å². The zero-order chi connectivity index (χ0) is 13.3. The van der Waals surface area contributed by atoms with E-state index in [4.69, 9.17) is 5.73 Å². The zero-order valence-electron chi connectivity index (χ0n) is 10.2. The molecule has 1 heterocycles. The highest BCUT2D eigenvalue weighted by Crippen LogP contribution is 2.23. The smallest absolute Gasteiger partial charge is 0.255 e. The van der Waals surface area contributed by atoms with Crippen molar-refractivity contribution in [1.29, 1.82) is 0 Å². The topological polar surface area (TPSA) is 46.3 Å². The van der Waals surface area contributed by atoms with Crippen LogP contribution in [0, 0.1) is 9.49 Å². The van der Waals surface area contributed by atoms with E-state index < -0.39 is 0 Å². The SMILES string of the molecule is CC1CCN(C(=O)c2cc(I)ccc2Br)CC1N. The van der Waals surface area contributed by atoms with Crippen molar-refractivity contribution in [3.63, 3.8) is 0 Å². The first-order chi connectivity index (χ1) is 8.49. The van der Waals surface area contributed by atoms with Crippen LogP contribution in [0.2, 0.25) is 0 Å². The number of carbonyl (C=O) groups excluding carboxylic acids is 1. The van der Waals surface area contributed by atoms with Crippen LogP contribution in [-0.4, -0.2) is 29.9 Å². The second-order valence-electron chi connectivity index (χ2n) is 4.81. The Morgan fingerprint density at radius 2 is 2.28 bits per heavy atom. The second-order valence-corrected chi connectivity index (χ2v) is 6.91. The average Bonchev–Trinajstić information content (AvgIpc) is 2.35. The second kappa shape index (κ2) is 5.88. The number of amides is 1. The number of likely N-dealkylation sites (tertiary alicyclic amines) is 1. The van der Waals surface area contributed by atoms with Crippen LogP contribution in [-0.2, 0) is 0 Å². The highest BCUT2D eigenvalue weighted by Gasteiger charge is 2.27. The summed E-state index contributed by atoms with van der Waals surface area (Å²) in [5, 5.41) is 0. The van der Waals surface area contributed by atoms with Crippen LogP contribution in [0.4, 0.5) is 0 Å². The van der Waals surface area contributed by atoms with Crippen molar-refractivity contribution in [1.82, 2.24) is 4.90 Å². The molecule has 0 aromatic heterocycles. The van der Waals surface area contributed by atoms with Crippen molar-refractivity contribution in [2.45, 2.75) is 19.4 Å². The molecular weight excluding hydrogens is 407 g/mol. The molecule has 1 amide bonds. The number of piperidine rings is 1. The molecule has 1 aliphatic rings. The first-order valence-electron chi connectivity index (χ1n) is 5.99. The molecule has 98 valence electrons. The summed E-state index contributed by atoms with van der Waals surface area (Å²) >= 11 is 5.66. The van der Waals surface area contributed by atoms with E-state index in [1.807, 2.05) is 23.1 Å². The summed E-state index contributed by atoms with van der Waals surface area (Å²) in [4.78, 5) is 14.3. The lowest BCUT2D eigenvalue weighted by molar-refractivity contribution is 0.0671. The standard InChI is InChI=1S/C13H16BrIN2O/c1-8-4-5-17(7-12(8)16)13(18)10-6-9(15)2-3-11(10)14/h2-3,6,8,12H,4-5,7,16H2,1H3.